The first kappa shape index (κ1) is 21.0. The van der Waals surface area contributed by atoms with Crippen molar-refractivity contribution >= 4 is 29.1 Å². The van der Waals surface area contributed by atoms with Crippen LogP contribution in [0.25, 0.3) is 0 Å². The van der Waals surface area contributed by atoms with Crippen molar-refractivity contribution in [2.45, 2.75) is 25.9 Å². The highest BCUT2D eigenvalue weighted by atomic mass is 19.4. The van der Waals surface area contributed by atoms with E-state index in [9.17, 15) is 27.6 Å². The minimum Gasteiger partial charge on any atom is -0.459 e. The molecule has 1 aromatic heterocycles. The Bertz CT molecular complexity index is 848. The summed E-state index contributed by atoms with van der Waals surface area (Å²) < 4.78 is 44.6. The normalized spacial score (nSPS) is 11.0. The van der Waals surface area contributed by atoms with Crippen LogP contribution in [0.15, 0.2) is 41.0 Å². The Balaban J connectivity index is 1.91. The third-order valence-electron chi connectivity index (χ3n) is 3.53. The zero-order valence-corrected chi connectivity index (χ0v) is 14.9. The molecule has 0 bridgehead atoms. The second kappa shape index (κ2) is 9.07. The molecule has 0 atom stereocenters. The average Bonchev–Trinajstić information content (AvgIpc) is 3.13. The summed E-state index contributed by atoms with van der Waals surface area (Å²) in [6, 6.07) is 6.12. The highest BCUT2D eigenvalue weighted by Gasteiger charge is 2.34. The van der Waals surface area contributed by atoms with Gasteiger partial charge in [-0.1, -0.05) is 0 Å². The molecular weight excluding hydrogens is 379 g/mol. The van der Waals surface area contributed by atoms with E-state index in [1.165, 1.54) is 25.3 Å². The van der Waals surface area contributed by atoms with Gasteiger partial charge in [-0.15, -0.1) is 0 Å². The van der Waals surface area contributed by atoms with Crippen LogP contribution in [0.5, 0.6) is 0 Å². The largest absolute Gasteiger partial charge is 0.459 e. The smallest absolute Gasteiger partial charge is 0.418 e. The van der Waals surface area contributed by atoms with E-state index >= 15 is 0 Å². The number of nitrogens with one attached hydrogen (secondary N) is 3. The molecule has 28 heavy (non-hydrogen) atoms. The van der Waals surface area contributed by atoms with Crippen LogP contribution in [0.2, 0.25) is 0 Å². The van der Waals surface area contributed by atoms with Crippen LogP contribution >= 0.6 is 0 Å². The Morgan fingerprint density at radius 3 is 2.46 bits per heavy atom. The number of carbonyl (C=O) groups excluding carboxylic acids is 3. The molecule has 0 aliphatic rings. The van der Waals surface area contributed by atoms with Gasteiger partial charge in [0, 0.05) is 25.6 Å². The van der Waals surface area contributed by atoms with E-state index in [0.717, 1.165) is 12.1 Å². The van der Waals surface area contributed by atoms with E-state index in [1.807, 2.05) is 0 Å². The van der Waals surface area contributed by atoms with E-state index in [0.29, 0.717) is 0 Å². The summed E-state index contributed by atoms with van der Waals surface area (Å²) in [7, 11) is 0. The molecule has 2 aromatic rings. The van der Waals surface area contributed by atoms with Crippen LogP contribution in [0, 0.1) is 0 Å². The fraction of sp³-hybridized carbons (Fsp3) is 0.278. The van der Waals surface area contributed by atoms with E-state index in [-0.39, 0.29) is 30.8 Å². The summed E-state index contributed by atoms with van der Waals surface area (Å²) in [6.45, 7) is 1.33. The molecular formula is C18H18F3N3O4. The monoisotopic (exact) mass is 397 g/mol. The standard InChI is InChI=1S/C18H18F3N3O4/c1-11(25)23-12-6-7-14(13(10-12)18(19,20)21)24-16(26)5-2-8-22-17(27)15-4-3-9-28-15/h3-4,6-7,9-10H,2,5,8H2,1H3,(H,22,27)(H,23,25)(H,24,26). The summed E-state index contributed by atoms with van der Waals surface area (Å²) >= 11 is 0. The van der Waals surface area contributed by atoms with E-state index in [4.69, 9.17) is 4.42 Å². The number of amides is 3. The van der Waals surface area contributed by atoms with Crippen LogP contribution < -0.4 is 16.0 Å². The van der Waals surface area contributed by atoms with Crippen LogP contribution in [0.4, 0.5) is 24.5 Å². The van der Waals surface area contributed by atoms with Gasteiger partial charge < -0.3 is 20.4 Å². The lowest BCUT2D eigenvalue weighted by Gasteiger charge is -2.15. The number of alkyl halides is 3. The third kappa shape index (κ3) is 6.15. The molecule has 0 radical (unpaired) electrons. The van der Waals surface area contributed by atoms with Gasteiger partial charge in [-0.2, -0.15) is 13.2 Å². The van der Waals surface area contributed by atoms with Crippen molar-refractivity contribution in [3.05, 3.63) is 47.9 Å². The van der Waals surface area contributed by atoms with Gasteiger partial charge in [0.15, 0.2) is 5.76 Å². The fourth-order valence-electron chi connectivity index (χ4n) is 2.33. The summed E-state index contributed by atoms with van der Waals surface area (Å²) in [5, 5.41) is 7.01. The average molecular weight is 397 g/mol. The molecule has 0 spiro atoms. The quantitative estimate of drug-likeness (QED) is 0.624. The first-order valence-electron chi connectivity index (χ1n) is 8.27. The summed E-state index contributed by atoms with van der Waals surface area (Å²) in [5.74, 6) is -1.47. The zero-order valence-electron chi connectivity index (χ0n) is 14.9. The van der Waals surface area contributed by atoms with Gasteiger partial charge in [-0.25, -0.2) is 0 Å². The van der Waals surface area contributed by atoms with Gasteiger partial charge in [-0.3, -0.25) is 14.4 Å². The molecule has 0 aliphatic carbocycles. The number of benzene rings is 1. The molecule has 1 heterocycles. The van der Waals surface area contributed by atoms with Crippen molar-refractivity contribution in [1.29, 1.82) is 0 Å². The summed E-state index contributed by atoms with van der Waals surface area (Å²) in [6.07, 6.45) is -3.24. The summed E-state index contributed by atoms with van der Waals surface area (Å²) in [5.41, 5.74) is -1.51. The molecule has 0 fully saturated rings. The van der Waals surface area contributed by atoms with E-state index in [1.54, 1.807) is 6.07 Å². The number of carbonyl (C=O) groups is 3. The maximum absolute atomic E-state index is 13.2. The number of furan rings is 1. The van der Waals surface area contributed by atoms with Crippen molar-refractivity contribution in [2.75, 3.05) is 17.2 Å². The highest BCUT2D eigenvalue weighted by molar-refractivity contribution is 5.93. The van der Waals surface area contributed by atoms with Crippen LogP contribution in [0.1, 0.15) is 35.9 Å². The molecule has 3 N–H and O–H groups in total. The number of hydrogen-bond donors (Lipinski definition) is 3. The second-order valence-corrected chi connectivity index (χ2v) is 5.82. The van der Waals surface area contributed by atoms with Crippen LogP contribution in [0.3, 0.4) is 0 Å². The first-order valence-corrected chi connectivity index (χ1v) is 8.27. The molecule has 0 unspecified atom stereocenters. The second-order valence-electron chi connectivity index (χ2n) is 5.82. The lowest BCUT2D eigenvalue weighted by molar-refractivity contribution is -0.137. The van der Waals surface area contributed by atoms with Gasteiger partial charge in [0.05, 0.1) is 17.5 Å². The third-order valence-corrected chi connectivity index (χ3v) is 3.53. The number of halogens is 3. The lowest BCUT2D eigenvalue weighted by atomic mass is 10.1. The number of anilines is 2. The Morgan fingerprint density at radius 1 is 1.11 bits per heavy atom. The van der Waals surface area contributed by atoms with Gasteiger partial charge in [0.25, 0.3) is 5.91 Å². The topological polar surface area (TPSA) is 100 Å². The highest BCUT2D eigenvalue weighted by Crippen LogP contribution is 2.36. The summed E-state index contributed by atoms with van der Waals surface area (Å²) in [4.78, 5) is 34.6. The van der Waals surface area contributed by atoms with Crippen molar-refractivity contribution in [3.63, 3.8) is 0 Å². The first-order chi connectivity index (χ1) is 13.2. The van der Waals surface area contributed by atoms with Crippen molar-refractivity contribution in [3.8, 4) is 0 Å². The molecule has 150 valence electrons. The van der Waals surface area contributed by atoms with Crippen molar-refractivity contribution in [2.24, 2.45) is 0 Å². The van der Waals surface area contributed by atoms with Crippen LogP contribution in [-0.4, -0.2) is 24.3 Å². The van der Waals surface area contributed by atoms with Gasteiger partial charge in [0.2, 0.25) is 11.8 Å². The van der Waals surface area contributed by atoms with Crippen molar-refractivity contribution < 1.29 is 32.0 Å². The van der Waals surface area contributed by atoms with E-state index < -0.39 is 35.1 Å². The molecule has 3 amide bonds. The minimum absolute atomic E-state index is 0.0292. The molecule has 2 rings (SSSR count). The van der Waals surface area contributed by atoms with E-state index in [2.05, 4.69) is 16.0 Å². The predicted molar refractivity (Wildman–Crippen MR) is 94.7 cm³/mol. The Labute approximate surface area is 158 Å². The Kier molecular flexibility index (Phi) is 6.80. The predicted octanol–water partition coefficient (Wildman–Crippen LogP) is 3.41. The molecule has 10 heteroatoms. The maximum atomic E-state index is 13.2. The maximum Gasteiger partial charge on any atom is 0.418 e. The fourth-order valence-corrected chi connectivity index (χ4v) is 2.33. The molecule has 0 saturated heterocycles. The van der Waals surface area contributed by atoms with Crippen LogP contribution in [-0.2, 0) is 15.8 Å². The van der Waals surface area contributed by atoms with Gasteiger partial charge in [0.1, 0.15) is 0 Å². The number of rotatable bonds is 7. The van der Waals surface area contributed by atoms with Gasteiger partial charge in [-0.05, 0) is 36.8 Å². The lowest BCUT2D eigenvalue weighted by Crippen LogP contribution is -2.25. The SMILES string of the molecule is CC(=O)Nc1ccc(NC(=O)CCCNC(=O)c2ccco2)c(C(F)(F)F)c1. The molecule has 1 aromatic carbocycles. The Morgan fingerprint density at radius 2 is 1.86 bits per heavy atom. The molecule has 0 aliphatic heterocycles. The molecule has 7 nitrogen and oxygen atoms in total. The van der Waals surface area contributed by atoms with Crippen molar-refractivity contribution in [1.82, 2.24) is 5.32 Å². The molecule has 0 saturated carbocycles. The number of hydrogen-bond acceptors (Lipinski definition) is 4. The Hall–Kier alpha value is -3.30. The van der Waals surface area contributed by atoms with Gasteiger partial charge >= 0.3 is 6.18 Å². The minimum atomic E-state index is -4.71. The zero-order chi connectivity index (χ0) is 20.7.